The minimum Gasteiger partial charge on any atom is -0.481 e. The number of rotatable bonds is 2. The van der Waals surface area contributed by atoms with E-state index >= 15 is 0 Å². The zero-order chi connectivity index (χ0) is 7.72. The van der Waals surface area contributed by atoms with Crippen molar-refractivity contribution in [3.63, 3.8) is 0 Å². The molecule has 0 aromatic rings. The summed E-state index contributed by atoms with van der Waals surface area (Å²) in [6, 6.07) is 0. The van der Waals surface area contributed by atoms with Crippen molar-refractivity contribution in [3.05, 3.63) is 10.6 Å². The third kappa shape index (κ3) is 1.89. The Labute approximate surface area is 68.4 Å². The highest BCUT2D eigenvalue weighted by Crippen LogP contribution is 2.41. The van der Waals surface area contributed by atoms with Crippen LogP contribution in [0.5, 0.6) is 0 Å². The molecule has 2 nitrogen and oxygen atoms in total. The maximum absolute atomic E-state index is 10.2. The summed E-state index contributed by atoms with van der Waals surface area (Å²) in [7, 11) is 0. The molecule has 0 aromatic heterocycles. The van der Waals surface area contributed by atoms with Gasteiger partial charge in [0, 0.05) is 0 Å². The van der Waals surface area contributed by atoms with Crippen molar-refractivity contribution < 1.29 is 9.90 Å². The van der Waals surface area contributed by atoms with Crippen LogP contribution in [0.3, 0.4) is 0 Å². The van der Waals surface area contributed by atoms with Crippen LogP contribution in [-0.2, 0) is 4.79 Å². The molecule has 1 aliphatic rings. The number of hydrogen-bond donors (Lipinski definition) is 1. The third-order valence-electron chi connectivity index (χ3n) is 1.50. The van der Waals surface area contributed by atoms with Crippen LogP contribution in [0.1, 0.15) is 6.42 Å². The molecule has 1 rings (SSSR count). The Hall–Kier alpha value is -0.210. The van der Waals surface area contributed by atoms with Gasteiger partial charge in [0.1, 0.15) is 4.49 Å². The second-order valence-electron chi connectivity index (χ2n) is 2.30. The number of halogens is 2. The Balaban J connectivity index is 2.40. The normalized spacial score (nSPS) is 29.4. The van der Waals surface area contributed by atoms with Crippen LogP contribution in [0, 0.1) is 11.8 Å². The van der Waals surface area contributed by atoms with E-state index in [0.29, 0.717) is 6.42 Å². The fourth-order valence-corrected chi connectivity index (χ4v) is 1.17. The lowest BCUT2D eigenvalue weighted by Gasteiger charge is -1.84. The van der Waals surface area contributed by atoms with Crippen LogP contribution >= 0.6 is 23.2 Å². The second kappa shape index (κ2) is 2.81. The zero-order valence-corrected chi connectivity index (χ0v) is 6.56. The van der Waals surface area contributed by atoms with Gasteiger partial charge in [-0.25, -0.2) is 0 Å². The third-order valence-corrected chi connectivity index (χ3v) is 1.75. The molecule has 0 amide bonds. The summed E-state index contributed by atoms with van der Waals surface area (Å²) >= 11 is 10.6. The maximum atomic E-state index is 10.2. The average Bonchev–Trinajstić information content (AvgIpc) is 2.43. The van der Waals surface area contributed by atoms with E-state index in [2.05, 4.69) is 0 Å². The van der Waals surface area contributed by atoms with Gasteiger partial charge in [-0.05, 0) is 12.3 Å². The summed E-state index contributed by atoms with van der Waals surface area (Å²) in [5.41, 5.74) is 0. The van der Waals surface area contributed by atoms with Crippen LogP contribution in [0.4, 0.5) is 0 Å². The molecule has 0 bridgehead atoms. The molecule has 1 N–H and O–H groups in total. The SMILES string of the molecule is O=C(O)[C@@H]1C[C@H]1C=C(Cl)Cl. The molecule has 0 saturated heterocycles. The highest BCUT2D eigenvalue weighted by molar-refractivity contribution is 6.55. The van der Waals surface area contributed by atoms with Gasteiger partial charge < -0.3 is 5.11 Å². The van der Waals surface area contributed by atoms with Gasteiger partial charge in [-0.3, -0.25) is 4.79 Å². The first kappa shape index (κ1) is 7.89. The smallest absolute Gasteiger partial charge is 0.307 e. The van der Waals surface area contributed by atoms with Crippen LogP contribution in [-0.4, -0.2) is 11.1 Å². The molecule has 1 aliphatic carbocycles. The maximum Gasteiger partial charge on any atom is 0.307 e. The van der Waals surface area contributed by atoms with E-state index in [1.165, 1.54) is 0 Å². The van der Waals surface area contributed by atoms with Gasteiger partial charge in [0.15, 0.2) is 0 Å². The van der Waals surface area contributed by atoms with Gasteiger partial charge in [0.2, 0.25) is 0 Å². The lowest BCUT2D eigenvalue weighted by molar-refractivity contribution is -0.138. The van der Waals surface area contributed by atoms with Crippen molar-refractivity contribution in [2.75, 3.05) is 0 Å². The molecule has 0 unspecified atom stereocenters. The summed E-state index contributed by atoms with van der Waals surface area (Å²) in [6.07, 6.45) is 2.24. The lowest BCUT2D eigenvalue weighted by Crippen LogP contribution is -1.97. The van der Waals surface area contributed by atoms with Crippen LogP contribution < -0.4 is 0 Å². The Bertz CT molecular complexity index is 184. The van der Waals surface area contributed by atoms with Crippen LogP contribution in [0.25, 0.3) is 0 Å². The predicted octanol–water partition coefficient (Wildman–Crippen LogP) is 2.03. The molecule has 0 heterocycles. The number of allylic oxidation sites excluding steroid dienone is 1. The Morgan fingerprint density at radius 1 is 1.60 bits per heavy atom. The second-order valence-corrected chi connectivity index (χ2v) is 3.31. The number of carboxylic acid groups (broad SMARTS) is 1. The summed E-state index contributed by atoms with van der Waals surface area (Å²) in [5, 5.41) is 8.42. The van der Waals surface area contributed by atoms with Crippen LogP contribution in [0.2, 0.25) is 0 Å². The average molecular weight is 181 g/mol. The summed E-state index contributed by atoms with van der Waals surface area (Å²) < 4.78 is 0.161. The van der Waals surface area contributed by atoms with Gasteiger partial charge in [0.25, 0.3) is 0 Å². The summed E-state index contributed by atoms with van der Waals surface area (Å²) in [6.45, 7) is 0. The van der Waals surface area contributed by atoms with Crippen molar-refractivity contribution in [2.24, 2.45) is 11.8 Å². The molecule has 0 radical (unpaired) electrons. The van der Waals surface area contributed by atoms with Gasteiger partial charge >= 0.3 is 5.97 Å². The van der Waals surface area contributed by atoms with Gasteiger partial charge in [-0.2, -0.15) is 0 Å². The van der Waals surface area contributed by atoms with Crippen LogP contribution in [0.15, 0.2) is 10.6 Å². The quantitative estimate of drug-likeness (QED) is 0.707. The minimum absolute atomic E-state index is 0.0579. The molecular formula is C6H6Cl2O2. The van der Waals surface area contributed by atoms with Crippen molar-refractivity contribution in [1.82, 2.24) is 0 Å². The highest BCUT2D eigenvalue weighted by Gasteiger charge is 2.41. The molecule has 10 heavy (non-hydrogen) atoms. The van der Waals surface area contributed by atoms with E-state index < -0.39 is 5.97 Å². The molecule has 56 valence electrons. The molecule has 0 aliphatic heterocycles. The molecule has 0 spiro atoms. The monoisotopic (exact) mass is 180 g/mol. The largest absolute Gasteiger partial charge is 0.481 e. The Kier molecular flexibility index (Phi) is 2.21. The van der Waals surface area contributed by atoms with Crippen molar-refractivity contribution in [3.8, 4) is 0 Å². The van der Waals surface area contributed by atoms with E-state index in [1.807, 2.05) is 0 Å². The van der Waals surface area contributed by atoms with Gasteiger partial charge in [-0.1, -0.05) is 29.3 Å². The molecule has 0 aromatic carbocycles. The Morgan fingerprint density at radius 3 is 2.50 bits per heavy atom. The highest BCUT2D eigenvalue weighted by atomic mass is 35.5. The number of aliphatic carboxylic acids is 1. The fraction of sp³-hybridized carbons (Fsp3) is 0.500. The van der Waals surface area contributed by atoms with Crippen molar-refractivity contribution in [1.29, 1.82) is 0 Å². The standard InChI is InChI=1S/C6H6Cl2O2/c7-5(8)2-3-1-4(3)6(9)10/h2-4H,1H2,(H,9,10)/t3-,4+/m0/s1. The molecule has 4 heteroatoms. The fourth-order valence-electron chi connectivity index (χ4n) is 0.845. The van der Waals surface area contributed by atoms with E-state index in [4.69, 9.17) is 28.3 Å². The summed E-state index contributed by atoms with van der Waals surface area (Å²) in [4.78, 5) is 10.2. The molecule has 2 atom stereocenters. The van der Waals surface area contributed by atoms with Gasteiger partial charge in [-0.15, -0.1) is 0 Å². The van der Waals surface area contributed by atoms with E-state index in [1.54, 1.807) is 6.08 Å². The molecular weight excluding hydrogens is 175 g/mol. The number of carbonyl (C=O) groups is 1. The minimum atomic E-state index is -0.768. The molecule has 1 fully saturated rings. The van der Waals surface area contributed by atoms with E-state index in [-0.39, 0.29) is 16.3 Å². The lowest BCUT2D eigenvalue weighted by atomic mass is 10.3. The summed E-state index contributed by atoms with van der Waals surface area (Å²) in [5.74, 6) is -0.967. The van der Waals surface area contributed by atoms with Crippen molar-refractivity contribution >= 4 is 29.2 Å². The first-order valence-corrected chi connectivity index (χ1v) is 3.62. The van der Waals surface area contributed by atoms with E-state index in [9.17, 15) is 4.79 Å². The molecule has 1 saturated carbocycles. The number of carboxylic acids is 1. The zero-order valence-electron chi connectivity index (χ0n) is 5.05. The van der Waals surface area contributed by atoms with E-state index in [0.717, 1.165) is 0 Å². The topological polar surface area (TPSA) is 37.3 Å². The predicted molar refractivity (Wildman–Crippen MR) is 39.0 cm³/mol. The Morgan fingerprint density at radius 2 is 2.20 bits per heavy atom. The van der Waals surface area contributed by atoms with Gasteiger partial charge in [0.05, 0.1) is 5.92 Å². The van der Waals surface area contributed by atoms with Crippen molar-refractivity contribution in [2.45, 2.75) is 6.42 Å². The number of hydrogen-bond acceptors (Lipinski definition) is 1. The first-order valence-electron chi connectivity index (χ1n) is 2.87. The first-order chi connectivity index (χ1) is 4.61.